The third-order valence-corrected chi connectivity index (χ3v) is 5.36. The number of rotatable bonds is 9. The van der Waals surface area contributed by atoms with Gasteiger partial charge in [-0.05, 0) is 39.0 Å². The predicted octanol–water partition coefficient (Wildman–Crippen LogP) is 5.01. The minimum atomic E-state index is -0.612. The fourth-order valence-electron chi connectivity index (χ4n) is 3.57. The van der Waals surface area contributed by atoms with Crippen LogP contribution in [-0.2, 0) is 4.84 Å². The Morgan fingerprint density at radius 1 is 0.947 bits per heavy atom. The number of ether oxygens (including phenoxy) is 1. The van der Waals surface area contributed by atoms with E-state index in [1.54, 1.807) is 33.0 Å². The summed E-state index contributed by atoms with van der Waals surface area (Å²) in [6.07, 6.45) is 4.41. The van der Waals surface area contributed by atoms with Crippen molar-refractivity contribution in [3.05, 3.63) is 77.6 Å². The number of carbonyl (C=O) groups excluding carboxylic acids is 1. The van der Waals surface area contributed by atoms with E-state index in [2.05, 4.69) is 36.0 Å². The number of benzene rings is 1. The second-order valence-corrected chi connectivity index (χ2v) is 8.07. The lowest BCUT2D eigenvalue weighted by atomic mass is 10.1. The largest absolute Gasteiger partial charge is 0.494 e. The minimum absolute atomic E-state index is 0.112. The van der Waals surface area contributed by atoms with Crippen molar-refractivity contribution >= 4 is 28.8 Å². The Kier molecular flexibility index (Phi) is 8.02. The molecule has 38 heavy (non-hydrogen) atoms. The number of aromatic nitrogens is 4. The van der Waals surface area contributed by atoms with Gasteiger partial charge in [0.2, 0.25) is 5.95 Å². The molecule has 0 aliphatic carbocycles. The fraction of sp³-hybridized carbons (Fsp3) is 0.192. The van der Waals surface area contributed by atoms with Gasteiger partial charge in [-0.1, -0.05) is 0 Å². The highest BCUT2D eigenvalue weighted by molar-refractivity contribution is 6.00. The first-order valence-corrected chi connectivity index (χ1v) is 11.5. The van der Waals surface area contributed by atoms with Gasteiger partial charge in [-0.15, -0.1) is 0 Å². The summed E-state index contributed by atoms with van der Waals surface area (Å²) >= 11 is 0. The molecule has 0 fully saturated rings. The van der Waals surface area contributed by atoms with Gasteiger partial charge in [-0.3, -0.25) is 19.6 Å². The van der Waals surface area contributed by atoms with Crippen molar-refractivity contribution in [2.24, 2.45) is 0 Å². The number of halogens is 2. The predicted molar refractivity (Wildman–Crippen MR) is 138 cm³/mol. The van der Waals surface area contributed by atoms with Gasteiger partial charge in [0.15, 0.2) is 5.75 Å². The Morgan fingerprint density at radius 2 is 1.76 bits per heavy atom. The Labute approximate surface area is 217 Å². The molecule has 196 valence electrons. The van der Waals surface area contributed by atoms with E-state index in [1.165, 1.54) is 43.8 Å². The number of hydrogen-bond acceptors (Lipinski definition) is 9. The summed E-state index contributed by atoms with van der Waals surface area (Å²) in [6.45, 7) is 5.40. The third-order valence-electron chi connectivity index (χ3n) is 5.36. The molecule has 0 spiro atoms. The van der Waals surface area contributed by atoms with E-state index < -0.39 is 17.7 Å². The molecule has 4 rings (SSSR count). The normalized spacial score (nSPS) is 10.7. The molecule has 0 atom stereocenters. The molecular formula is C26H25F2N7O3. The van der Waals surface area contributed by atoms with Crippen molar-refractivity contribution in [1.29, 1.82) is 0 Å². The Bertz CT molecular complexity index is 1470. The molecular weight excluding hydrogens is 496 g/mol. The Morgan fingerprint density at radius 3 is 2.45 bits per heavy atom. The number of hydrogen-bond donors (Lipinski definition) is 3. The van der Waals surface area contributed by atoms with Gasteiger partial charge in [-0.25, -0.2) is 19.8 Å². The van der Waals surface area contributed by atoms with Crippen LogP contribution >= 0.6 is 0 Å². The van der Waals surface area contributed by atoms with E-state index >= 15 is 0 Å². The van der Waals surface area contributed by atoms with Gasteiger partial charge in [-0.2, -0.15) is 4.39 Å². The zero-order chi connectivity index (χ0) is 27.2. The summed E-state index contributed by atoms with van der Waals surface area (Å²) in [7, 11) is 1.44. The van der Waals surface area contributed by atoms with Crippen LogP contribution in [0.15, 0.2) is 48.9 Å². The number of pyridine rings is 2. The lowest BCUT2D eigenvalue weighted by Crippen LogP contribution is -2.24. The zero-order valence-corrected chi connectivity index (χ0v) is 21.1. The summed E-state index contributed by atoms with van der Waals surface area (Å²) < 4.78 is 33.8. The molecule has 3 heterocycles. The third kappa shape index (κ3) is 5.98. The smallest absolute Gasteiger partial charge is 0.278 e. The van der Waals surface area contributed by atoms with E-state index in [9.17, 15) is 13.6 Å². The van der Waals surface area contributed by atoms with E-state index in [0.717, 1.165) is 0 Å². The van der Waals surface area contributed by atoms with Gasteiger partial charge in [0, 0.05) is 30.1 Å². The van der Waals surface area contributed by atoms with Crippen molar-refractivity contribution in [2.75, 3.05) is 24.4 Å². The minimum Gasteiger partial charge on any atom is -0.494 e. The molecule has 0 saturated heterocycles. The van der Waals surface area contributed by atoms with E-state index in [4.69, 9.17) is 9.57 Å². The molecule has 12 heteroatoms. The number of nitrogens with one attached hydrogen (secondary N) is 3. The van der Waals surface area contributed by atoms with Crippen LogP contribution < -0.4 is 20.9 Å². The van der Waals surface area contributed by atoms with Crippen LogP contribution in [0.3, 0.4) is 0 Å². The average Bonchev–Trinajstić information content (AvgIpc) is 2.89. The van der Waals surface area contributed by atoms with Crippen LogP contribution in [0.25, 0.3) is 11.3 Å². The fourth-order valence-corrected chi connectivity index (χ4v) is 3.57. The number of methoxy groups -OCH3 is 1. The molecule has 0 aliphatic rings. The van der Waals surface area contributed by atoms with Crippen molar-refractivity contribution in [3.63, 3.8) is 0 Å². The Hall–Kier alpha value is -4.71. The van der Waals surface area contributed by atoms with Gasteiger partial charge in [0.25, 0.3) is 5.91 Å². The number of nitrogens with zero attached hydrogens (tertiary/aromatic N) is 4. The maximum absolute atomic E-state index is 14.8. The van der Waals surface area contributed by atoms with Crippen LogP contribution in [-0.4, -0.2) is 39.6 Å². The van der Waals surface area contributed by atoms with Crippen molar-refractivity contribution in [2.45, 2.75) is 20.8 Å². The van der Waals surface area contributed by atoms with Crippen LogP contribution in [0.5, 0.6) is 5.75 Å². The van der Waals surface area contributed by atoms with Gasteiger partial charge in [0.1, 0.15) is 11.6 Å². The Balaban J connectivity index is 1.77. The molecule has 10 nitrogen and oxygen atoms in total. The second kappa shape index (κ2) is 11.6. The molecule has 3 aromatic heterocycles. The van der Waals surface area contributed by atoms with Crippen molar-refractivity contribution in [3.8, 4) is 17.0 Å². The van der Waals surface area contributed by atoms with Gasteiger partial charge in [0.05, 0.1) is 59.6 Å². The zero-order valence-electron chi connectivity index (χ0n) is 21.1. The molecule has 1 aromatic carbocycles. The standard InChI is InChI=1S/C26H25F2N7O3/c1-5-38-35-26(36)18-12-31-24(34-19-6-7-23(28)32-15(19)3)10-20(18)33-21-9-16(27)8-17(25(21)37-4)22-13-29-14(2)11-30-22/h6-13H,5H2,1-4H3,(H,35,36)(H2,31,33,34). The molecule has 0 aliphatic heterocycles. The van der Waals surface area contributed by atoms with Crippen LogP contribution in [0.2, 0.25) is 0 Å². The number of anilines is 4. The lowest BCUT2D eigenvalue weighted by Gasteiger charge is -2.18. The highest BCUT2D eigenvalue weighted by Crippen LogP contribution is 2.39. The highest BCUT2D eigenvalue weighted by atomic mass is 19.1. The van der Waals surface area contributed by atoms with Crippen molar-refractivity contribution in [1.82, 2.24) is 25.4 Å². The number of hydroxylamine groups is 1. The topological polar surface area (TPSA) is 123 Å². The average molecular weight is 522 g/mol. The monoisotopic (exact) mass is 521 g/mol. The summed E-state index contributed by atoms with van der Waals surface area (Å²) in [6, 6.07) is 6.79. The first kappa shape index (κ1) is 26.4. The lowest BCUT2D eigenvalue weighted by molar-refractivity contribution is 0.0365. The van der Waals surface area contributed by atoms with Crippen LogP contribution in [0.4, 0.5) is 31.7 Å². The molecule has 4 aromatic rings. The number of carbonyl (C=O) groups is 1. The maximum atomic E-state index is 14.8. The molecule has 0 unspecified atom stereocenters. The number of aryl methyl sites for hydroxylation is 2. The summed E-state index contributed by atoms with van der Waals surface area (Å²) in [4.78, 5) is 34.5. The first-order chi connectivity index (χ1) is 18.3. The molecule has 0 saturated carbocycles. The molecule has 3 N–H and O–H groups in total. The van der Waals surface area contributed by atoms with E-state index in [1.807, 2.05) is 0 Å². The van der Waals surface area contributed by atoms with Gasteiger partial charge >= 0.3 is 0 Å². The first-order valence-electron chi connectivity index (χ1n) is 11.5. The van der Waals surface area contributed by atoms with E-state index in [0.29, 0.717) is 34.2 Å². The second-order valence-electron chi connectivity index (χ2n) is 8.07. The van der Waals surface area contributed by atoms with E-state index in [-0.39, 0.29) is 29.3 Å². The molecule has 1 amide bonds. The van der Waals surface area contributed by atoms with Crippen molar-refractivity contribution < 1.29 is 23.1 Å². The summed E-state index contributed by atoms with van der Waals surface area (Å²) in [5, 5.41) is 6.13. The number of amides is 1. The van der Waals surface area contributed by atoms with Gasteiger partial charge < -0.3 is 15.4 Å². The SMILES string of the molecule is CCONC(=O)c1cnc(Nc2ccc(F)nc2C)cc1Nc1cc(F)cc(-c2cnc(C)cn2)c1OC. The van der Waals surface area contributed by atoms with Crippen LogP contribution in [0.1, 0.15) is 28.7 Å². The molecule has 0 bridgehead atoms. The molecule has 0 radical (unpaired) electrons. The summed E-state index contributed by atoms with van der Waals surface area (Å²) in [5.41, 5.74) is 5.33. The van der Waals surface area contributed by atoms with Crippen LogP contribution in [0, 0.1) is 25.6 Å². The maximum Gasteiger partial charge on any atom is 0.278 e. The summed E-state index contributed by atoms with van der Waals surface area (Å²) in [5.74, 6) is -1.15. The highest BCUT2D eigenvalue weighted by Gasteiger charge is 2.19. The quantitative estimate of drug-likeness (QED) is 0.206.